The quantitative estimate of drug-likeness (QED) is 0.703. The second-order valence-corrected chi connectivity index (χ2v) is 3.85. The highest BCUT2D eigenvalue weighted by Crippen LogP contribution is 2.25. The molecule has 0 saturated carbocycles. The largest absolute Gasteiger partial charge is 0.372 e. The zero-order chi connectivity index (χ0) is 11.1. The number of carbonyl (C=O) groups is 2. The summed E-state index contributed by atoms with van der Waals surface area (Å²) in [5.41, 5.74) is 3.44. The van der Waals surface area contributed by atoms with Crippen LogP contribution in [0.1, 0.15) is 16.7 Å². The van der Waals surface area contributed by atoms with E-state index in [1.54, 1.807) is 0 Å². The number of benzene rings is 1. The molecule has 0 aliphatic carbocycles. The van der Waals surface area contributed by atoms with Gasteiger partial charge in [0.15, 0.2) is 0 Å². The number of ether oxygens (including phenoxy) is 1. The van der Waals surface area contributed by atoms with Gasteiger partial charge in [-0.2, -0.15) is 0 Å². The SMILES string of the molecule is O=C1C=C(c2ccc3c(c2)COC3)C(=O)N1. The summed E-state index contributed by atoms with van der Waals surface area (Å²) in [6.45, 7) is 1.20. The van der Waals surface area contributed by atoms with Crippen LogP contribution in [0.3, 0.4) is 0 Å². The van der Waals surface area contributed by atoms with E-state index in [-0.39, 0.29) is 11.8 Å². The number of rotatable bonds is 1. The molecule has 0 aromatic heterocycles. The van der Waals surface area contributed by atoms with Crippen LogP contribution in [0.15, 0.2) is 24.3 Å². The number of imide groups is 1. The van der Waals surface area contributed by atoms with Crippen molar-refractivity contribution in [3.8, 4) is 0 Å². The summed E-state index contributed by atoms with van der Waals surface area (Å²) in [4.78, 5) is 22.5. The Kier molecular flexibility index (Phi) is 1.91. The summed E-state index contributed by atoms with van der Waals surface area (Å²) >= 11 is 0. The van der Waals surface area contributed by atoms with Crippen LogP contribution in [0.5, 0.6) is 0 Å². The van der Waals surface area contributed by atoms with Gasteiger partial charge in [-0.1, -0.05) is 12.1 Å². The Bertz CT molecular complexity index is 531. The first-order chi connectivity index (χ1) is 7.74. The van der Waals surface area contributed by atoms with E-state index >= 15 is 0 Å². The van der Waals surface area contributed by atoms with Gasteiger partial charge in [0.1, 0.15) is 0 Å². The van der Waals surface area contributed by atoms with E-state index in [9.17, 15) is 9.59 Å². The molecule has 4 nitrogen and oxygen atoms in total. The molecule has 2 aliphatic rings. The van der Waals surface area contributed by atoms with Crippen LogP contribution >= 0.6 is 0 Å². The lowest BCUT2D eigenvalue weighted by Crippen LogP contribution is -2.21. The Hall–Kier alpha value is -1.94. The van der Waals surface area contributed by atoms with Crippen LogP contribution in [0.4, 0.5) is 0 Å². The highest BCUT2D eigenvalue weighted by Gasteiger charge is 2.23. The molecule has 0 fully saturated rings. The summed E-state index contributed by atoms with van der Waals surface area (Å²) in [7, 11) is 0. The Morgan fingerprint density at radius 3 is 2.69 bits per heavy atom. The summed E-state index contributed by atoms with van der Waals surface area (Å²) in [6.07, 6.45) is 1.33. The number of amides is 2. The van der Waals surface area contributed by atoms with Crippen molar-refractivity contribution in [3.05, 3.63) is 41.0 Å². The molecule has 1 N–H and O–H groups in total. The molecule has 2 amide bonds. The number of nitrogens with one attached hydrogen (secondary N) is 1. The van der Waals surface area contributed by atoms with Gasteiger partial charge >= 0.3 is 0 Å². The first-order valence-corrected chi connectivity index (χ1v) is 5.01. The zero-order valence-corrected chi connectivity index (χ0v) is 8.45. The van der Waals surface area contributed by atoms with Crippen molar-refractivity contribution in [2.45, 2.75) is 13.2 Å². The van der Waals surface area contributed by atoms with E-state index in [1.165, 1.54) is 6.08 Å². The molecule has 1 aromatic carbocycles. The normalized spacial score (nSPS) is 18.4. The van der Waals surface area contributed by atoms with E-state index < -0.39 is 0 Å². The van der Waals surface area contributed by atoms with Gasteiger partial charge in [-0.05, 0) is 22.8 Å². The minimum atomic E-state index is -0.350. The second-order valence-electron chi connectivity index (χ2n) is 3.85. The molecule has 2 heterocycles. The molecular formula is C12H9NO3. The van der Waals surface area contributed by atoms with E-state index in [1.807, 2.05) is 18.2 Å². The smallest absolute Gasteiger partial charge is 0.258 e. The summed E-state index contributed by atoms with van der Waals surface area (Å²) < 4.78 is 5.29. The van der Waals surface area contributed by atoms with Gasteiger partial charge < -0.3 is 4.74 Å². The van der Waals surface area contributed by atoms with Crippen molar-refractivity contribution in [1.29, 1.82) is 0 Å². The topological polar surface area (TPSA) is 55.4 Å². The number of fused-ring (bicyclic) bond motifs is 1. The maximum absolute atomic E-state index is 11.5. The van der Waals surface area contributed by atoms with Gasteiger partial charge in [0, 0.05) is 6.08 Å². The standard InChI is InChI=1S/C12H9NO3/c14-11-4-10(12(15)13-11)7-1-2-8-5-16-6-9(8)3-7/h1-4H,5-6H2,(H,13,14,15). The zero-order valence-electron chi connectivity index (χ0n) is 8.45. The summed E-state index contributed by atoms with van der Waals surface area (Å²) in [5.74, 6) is -0.680. The lowest BCUT2D eigenvalue weighted by molar-refractivity contribution is -0.123. The summed E-state index contributed by atoms with van der Waals surface area (Å²) in [6, 6.07) is 5.69. The van der Waals surface area contributed by atoms with Crippen LogP contribution in [0, 0.1) is 0 Å². The maximum atomic E-state index is 11.5. The third kappa shape index (κ3) is 1.35. The molecule has 4 heteroatoms. The van der Waals surface area contributed by atoms with Gasteiger partial charge in [0.25, 0.3) is 11.8 Å². The minimum Gasteiger partial charge on any atom is -0.372 e. The molecule has 1 aromatic rings. The molecule has 0 saturated heterocycles. The molecule has 80 valence electrons. The monoisotopic (exact) mass is 215 g/mol. The molecule has 0 radical (unpaired) electrons. The number of carbonyl (C=O) groups excluding carboxylic acids is 2. The van der Waals surface area contributed by atoms with Crippen molar-refractivity contribution in [1.82, 2.24) is 5.32 Å². The molecule has 0 spiro atoms. The molecule has 0 unspecified atom stereocenters. The minimum absolute atomic E-state index is 0.330. The Labute approximate surface area is 91.9 Å². The lowest BCUT2D eigenvalue weighted by Gasteiger charge is -2.02. The van der Waals surface area contributed by atoms with Crippen molar-refractivity contribution in [2.75, 3.05) is 0 Å². The fraction of sp³-hybridized carbons (Fsp3) is 0.167. The van der Waals surface area contributed by atoms with E-state index in [4.69, 9.17) is 4.74 Å². The predicted molar refractivity (Wildman–Crippen MR) is 56.1 cm³/mol. The van der Waals surface area contributed by atoms with Crippen LogP contribution in [-0.4, -0.2) is 11.8 Å². The maximum Gasteiger partial charge on any atom is 0.258 e. The molecular weight excluding hydrogens is 206 g/mol. The summed E-state index contributed by atoms with van der Waals surface area (Å²) in [5, 5.41) is 2.23. The fourth-order valence-electron chi connectivity index (χ4n) is 1.97. The van der Waals surface area contributed by atoms with Crippen LogP contribution in [0.2, 0.25) is 0 Å². The first kappa shape index (κ1) is 9.30. The highest BCUT2D eigenvalue weighted by molar-refractivity contribution is 6.33. The molecule has 2 aliphatic heterocycles. The van der Waals surface area contributed by atoms with Crippen LogP contribution in [-0.2, 0) is 27.5 Å². The van der Waals surface area contributed by atoms with Crippen LogP contribution in [0.25, 0.3) is 5.57 Å². The third-order valence-corrected chi connectivity index (χ3v) is 2.79. The second kappa shape index (κ2) is 3.28. The Morgan fingerprint density at radius 2 is 1.94 bits per heavy atom. The van der Waals surface area contributed by atoms with Gasteiger partial charge in [-0.25, -0.2) is 0 Å². The molecule has 0 bridgehead atoms. The van der Waals surface area contributed by atoms with E-state index in [0.717, 1.165) is 16.7 Å². The first-order valence-electron chi connectivity index (χ1n) is 5.01. The van der Waals surface area contributed by atoms with E-state index in [2.05, 4.69) is 5.32 Å². The predicted octanol–water partition coefficient (Wildman–Crippen LogP) is 0.757. The van der Waals surface area contributed by atoms with Gasteiger partial charge in [-0.15, -0.1) is 0 Å². The van der Waals surface area contributed by atoms with Crippen molar-refractivity contribution < 1.29 is 14.3 Å². The van der Waals surface area contributed by atoms with Crippen molar-refractivity contribution in [3.63, 3.8) is 0 Å². The van der Waals surface area contributed by atoms with Crippen molar-refractivity contribution in [2.24, 2.45) is 0 Å². The fourth-order valence-corrected chi connectivity index (χ4v) is 1.97. The van der Waals surface area contributed by atoms with Crippen molar-refractivity contribution >= 4 is 17.4 Å². The molecule has 3 rings (SSSR count). The molecule has 0 atom stereocenters. The third-order valence-electron chi connectivity index (χ3n) is 2.79. The van der Waals surface area contributed by atoms with Crippen LogP contribution < -0.4 is 5.32 Å². The molecule has 16 heavy (non-hydrogen) atoms. The Morgan fingerprint density at radius 1 is 1.12 bits per heavy atom. The van der Waals surface area contributed by atoms with Gasteiger partial charge in [0.05, 0.1) is 18.8 Å². The van der Waals surface area contributed by atoms with E-state index in [0.29, 0.717) is 18.8 Å². The van der Waals surface area contributed by atoms with Gasteiger partial charge in [0.2, 0.25) is 0 Å². The number of hydrogen-bond acceptors (Lipinski definition) is 3. The highest BCUT2D eigenvalue weighted by atomic mass is 16.5. The lowest BCUT2D eigenvalue weighted by atomic mass is 10.0. The van der Waals surface area contributed by atoms with Gasteiger partial charge in [-0.3, -0.25) is 14.9 Å². The average molecular weight is 215 g/mol. The average Bonchev–Trinajstić information content (AvgIpc) is 2.83. The number of hydrogen-bond donors (Lipinski definition) is 1. The Balaban J connectivity index is 2.05.